The molecule has 106 valence electrons. The van der Waals surface area contributed by atoms with Crippen molar-refractivity contribution in [3.63, 3.8) is 0 Å². The summed E-state index contributed by atoms with van der Waals surface area (Å²) >= 11 is 0. The quantitative estimate of drug-likeness (QED) is 0.877. The molecule has 3 nitrogen and oxygen atoms in total. The summed E-state index contributed by atoms with van der Waals surface area (Å²) in [5, 5.41) is 10.1. The maximum Gasteiger partial charge on any atom is 0.120 e. The van der Waals surface area contributed by atoms with Crippen LogP contribution >= 0.6 is 0 Å². The van der Waals surface area contributed by atoms with E-state index < -0.39 is 0 Å². The normalized spacial score (nSPS) is 26.3. The first-order valence-electron chi connectivity index (χ1n) is 7.44. The SMILES string of the molecule is CCC(c1ccccc1O)N1C(C)CCCC1CN. The first-order valence-corrected chi connectivity index (χ1v) is 7.44. The van der Waals surface area contributed by atoms with Gasteiger partial charge in [-0.15, -0.1) is 0 Å². The summed E-state index contributed by atoms with van der Waals surface area (Å²) in [6, 6.07) is 8.95. The molecule has 1 aliphatic heterocycles. The highest BCUT2D eigenvalue weighted by atomic mass is 16.3. The smallest absolute Gasteiger partial charge is 0.120 e. The third-order valence-corrected chi connectivity index (χ3v) is 4.40. The molecule has 0 amide bonds. The van der Waals surface area contributed by atoms with Crippen molar-refractivity contribution < 1.29 is 5.11 Å². The Morgan fingerprint density at radius 1 is 1.37 bits per heavy atom. The average Bonchev–Trinajstić information content (AvgIpc) is 2.43. The highest BCUT2D eigenvalue weighted by Gasteiger charge is 2.33. The van der Waals surface area contributed by atoms with Crippen LogP contribution < -0.4 is 5.73 Å². The van der Waals surface area contributed by atoms with E-state index in [-0.39, 0.29) is 6.04 Å². The number of nitrogens with zero attached hydrogens (tertiary/aromatic N) is 1. The highest BCUT2D eigenvalue weighted by molar-refractivity contribution is 5.34. The molecule has 0 bridgehead atoms. The van der Waals surface area contributed by atoms with E-state index in [1.807, 2.05) is 18.2 Å². The number of rotatable bonds is 4. The number of aromatic hydroxyl groups is 1. The van der Waals surface area contributed by atoms with Gasteiger partial charge in [-0.05, 0) is 32.3 Å². The number of likely N-dealkylation sites (tertiary alicyclic amines) is 1. The molecule has 2 rings (SSSR count). The summed E-state index contributed by atoms with van der Waals surface area (Å²) < 4.78 is 0. The maximum absolute atomic E-state index is 10.1. The number of para-hydroxylation sites is 1. The molecule has 3 unspecified atom stereocenters. The van der Waals surface area contributed by atoms with Crippen molar-refractivity contribution in [3.05, 3.63) is 29.8 Å². The molecule has 1 aromatic carbocycles. The van der Waals surface area contributed by atoms with Gasteiger partial charge in [0.05, 0.1) is 0 Å². The van der Waals surface area contributed by atoms with Crippen LogP contribution in [0.2, 0.25) is 0 Å². The Morgan fingerprint density at radius 3 is 2.74 bits per heavy atom. The van der Waals surface area contributed by atoms with Gasteiger partial charge in [0.25, 0.3) is 0 Å². The third-order valence-electron chi connectivity index (χ3n) is 4.40. The van der Waals surface area contributed by atoms with Gasteiger partial charge in [0.2, 0.25) is 0 Å². The largest absolute Gasteiger partial charge is 0.508 e. The van der Waals surface area contributed by atoms with Gasteiger partial charge in [-0.1, -0.05) is 31.5 Å². The van der Waals surface area contributed by atoms with E-state index in [9.17, 15) is 5.11 Å². The predicted molar refractivity (Wildman–Crippen MR) is 79.1 cm³/mol. The Kier molecular flexibility index (Phi) is 4.83. The standard InChI is InChI=1S/C16H26N2O/c1-3-15(14-9-4-5-10-16(14)19)18-12(2)7-6-8-13(18)11-17/h4-5,9-10,12-13,15,19H,3,6-8,11,17H2,1-2H3. The second-order valence-corrected chi connectivity index (χ2v) is 5.60. The number of phenolic OH excluding ortho intramolecular Hbond substituents is 1. The van der Waals surface area contributed by atoms with E-state index in [1.54, 1.807) is 6.07 Å². The molecule has 0 spiro atoms. The minimum Gasteiger partial charge on any atom is -0.508 e. The number of hydrogen-bond donors (Lipinski definition) is 2. The van der Waals surface area contributed by atoms with E-state index in [0.717, 1.165) is 12.0 Å². The van der Waals surface area contributed by atoms with Crippen LogP contribution in [0.1, 0.15) is 51.1 Å². The first-order chi connectivity index (χ1) is 9.19. The molecule has 19 heavy (non-hydrogen) atoms. The molecule has 0 radical (unpaired) electrons. The summed E-state index contributed by atoms with van der Waals surface area (Å²) in [6.45, 7) is 5.17. The zero-order valence-corrected chi connectivity index (χ0v) is 12.0. The molecule has 1 aliphatic rings. The van der Waals surface area contributed by atoms with E-state index in [2.05, 4.69) is 18.7 Å². The van der Waals surface area contributed by atoms with Crippen molar-refractivity contribution in [1.29, 1.82) is 0 Å². The number of phenols is 1. The Labute approximate surface area is 116 Å². The zero-order valence-electron chi connectivity index (χ0n) is 12.0. The minimum atomic E-state index is 0.269. The lowest BCUT2D eigenvalue weighted by atomic mass is 9.90. The van der Waals surface area contributed by atoms with E-state index in [0.29, 0.717) is 24.4 Å². The second kappa shape index (κ2) is 6.40. The maximum atomic E-state index is 10.1. The Morgan fingerprint density at radius 2 is 2.11 bits per heavy atom. The Bertz CT molecular complexity index is 407. The lowest BCUT2D eigenvalue weighted by Gasteiger charge is -2.45. The average molecular weight is 262 g/mol. The van der Waals surface area contributed by atoms with Gasteiger partial charge >= 0.3 is 0 Å². The summed E-state index contributed by atoms with van der Waals surface area (Å²) in [4.78, 5) is 2.53. The number of nitrogens with two attached hydrogens (primary N) is 1. The van der Waals surface area contributed by atoms with Crippen LogP contribution in [0.5, 0.6) is 5.75 Å². The number of piperidine rings is 1. The van der Waals surface area contributed by atoms with Crippen LogP contribution in [0.25, 0.3) is 0 Å². The van der Waals surface area contributed by atoms with Gasteiger partial charge in [0.1, 0.15) is 5.75 Å². The van der Waals surface area contributed by atoms with Crippen molar-refractivity contribution in [2.24, 2.45) is 5.73 Å². The number of hydrogen-bond acceptors (Lipinski definition) is 3. The second-order valence-electron chi connectivity index (χ2n) is 5.60. The zero-order chi connectivity index (χ0) is 13.8. The van der Waals surface area contributed by atoms with E-state index >= 15 is 0 Å². The van der Waals surface area contributed by atoms with E-state index in [1.165, 1.54) is 19.3 Å². The van der Waals surface area contributed by atoms with Crippen molar-refractivity contribution >= 4 is 0 Å². The van der Waals surface area contributed by atoms with Crippen molar-refractivity contribution in [3.8, 4) is 5.75 Å². The van der Waals surface area contributed by atoms with Crippen LogP contribution in [-0.2, 0) is 0 Å². The molecule has 0 aromatic heterocycles. The molecule has 0 saturated carbocycles. The fourth-order valence-corrected chi connectivity index (χ4v) is 3.47. The Balaban J connectivity index is 2.31. The fraction of sp³-hybridized carbons (Fsp3) is 0.625. The van der Waals surface area contributed by atoms with Gasteiger partial charge in [-0.3, -0.25) is 4.90 Å². The van der Waals surface area contributed by atoms with Crippen molar-refractivity contribution in [2.45, 2.75) is 57.7 Å². The van der Waals surface area contributed by atoms with E-state index in [4.69, 9.17) is 5.73 Å². The van der Waals surface area contributed by atoms with Crippen LogP contribution in [0.15, 0.2) is 24.3 Å². The van der Waals surface area contributed by atoms with Crippen LogP contribution in [-0.4, -0.2) is 28.6 Å². The molecule has 3 atom stereocenters. The van der Waals surface area contributed by atoms with Gasteiger partial charge in [-0.2, -0.15) is 0 Å². The fourth-order valence-electron chi connectivity index (χ4n) is 3.47. The van der Waals surface area contributed by atoms with Crippen LogP contribution in [0, 0.1) is 0 Å². The van der Waals surface area contributed by atoms with Crippen molar-refractivity contribution in [2.75, 3.05) is 6.54 Å². The molecule has 3 heteroatoms. The summed E-state index contributed by atoms with van der Waals surface area (Å²) in [5.41, 5.74) is 7.00. The lowest BCUT2D eigenvalue weighted by Crippen LogP contribution is -2.50. The first kappa shape index (κ1) is 14.4. The Hall–Kier alpha value is -1.06. The molecule has 0 aliphatic carbocycles. The van der Waals surface area contributed by atoms with Gasteiger partial charge in [-0.25, -0.2) is 0 Å². The molecule has 3 N–H and O–H groups in total. The van der Waals surface area contributed by atoms with Gasteiger partial charge in [0, 0.05) is 30.2 Å². The molecular weight excluding hydrogens is 236 g/mol. The van der Waals surface area contributed by atoms with Gasteiger partial charge < -0.3 is 10.8 Å². The molecule has 1 saturated heterocycles. The molecule has 1 heterocycles. The summed E-state index contributed by atoms with van der Waals surface area (Å²) in [6.07, 6.45) is 4.65. The third kappa shape index (κ3) is 2.93. The van der Waals surface area contributed by atoms with Crippen LogP contribution in [0.3, 0.4) is 0 Å². The van der Waals surface area contributed by atoms with Crippen molar-refractivity contribution in [1.82, 2.24) is 4.90 Å². The summed E-state index contributed by atoms with van der Waals surface area (Å²) in [7, 11) is 0. The summed E-state index contributed by atoms with van der Waals surface area (Å²) in [5.74, 6) is 0.405. The van der Waals surface area contributed by atoms with Crippen LogP contribution in [0.4, 0.5) is 0 Å². The van der Waals surface area contributed by atoms with Gasteiger partial charge in [0.15, 0.2) is 0 Å². The predicted octanol–water partition coefficient (Wildman–Crippen LogP) is 3.04. The monoisotopic (exact) mass is 262 g/mol. The highest BCUT2D eigenvalue weighted by Crippen LogP contribution is 2.37. The molecule has 1 aromatic rings. The number of benzene rings is 1. The topological polar surface area (TPSA) is 49.5 Å². The molecule has 1 fully saturated rings. The lowest BCUT2D eigenvalue weighted by molar-refractivity contribution is 0.0462. The molecular formula is C16H26N2O. The minimum absolute atomic E-state index is 0.269.